The number of para-hydroxylation sites is 1. The average molecular weight is 558 g/mol. The molecule has 1 aliphatic rings. The molecule has 0 spiro atoms. The van der Waals surface area contributed by atoms with Gasteiger partial charge in [0.1, 0.15) is 11.2 Å². The second-order valence-electron chi connectivity index (χ2n) is 10.4. The number of ether oxygens (including phenoxy) is 1. The maximum absolute atomic E-state index is 14.3. The van der Waals surface area contributed by atoms with Gasteiger partial charge in [-0.25, -0.2) is 0 Å². The molecule has 4 aromatic carbocycles. The number of benzene rings is 4. The van der Waals surface area contributed by atoms with E-state index < -0.39 is 23.1 Å². The topological polar surface area (TPSA) is 56.6 Å². The summed E-state index contributed by atoms with van der Waals surface area (Å²) in [6.07, 6.45) is -4.43. The third-order valence-corrected chi connectivity index (χ3v) is 7.94. The van der Waals surface area contributed by atoms with Gasteiger partial charge < -0.3 is 14.5 Å². The maximum atomic E-state index is 14.3. The molecule has 8 heteroatoms. The van der Waals surface area contributed by atoms with Crippen LogP contribution in [0.15, 0.2) is 91.0 Å². The van der Waals surface area contributed by atoms with E-state index in [9.17, 15) is 23.2 Å². The molecule has 1 heterocycles. The van der Waals surface area contributed by atoms with Crippen molar-refractivity contribution in [2.75, 3.05) is 38.2 Å². The molecule has 0 aliphatic carbocycles. The third-order valence-electron chi connectivity index (χ3n) is 7.94. The Kier molecular flexibility index (Phi) is 7.63. The lowest BCUT2D eigenvalue weighted by molar-refractivity contribution is -0.139. The Balaban J connectivity index is 1.50. The van der Waals surface area contributed by atoms with Crippen LogP contribution in [0.5, 0.6) is 5.75 Å². The fourth-order valence-electron chi connectivity index (χ4n) is 5.81. The lowest BCUT2D eigenvalue weighted by Gasteiger charge is -2.41. The molecular formula is C33H30F3N3O2. The molecule has 0 N–H and O–H groups in total. The van der Waals surface area contributed by atoms with Gasteiger partial charge in [0.05, 0.1) is 18.7 Å². The molecular weight excluding hydrogens is 527 g/mol. The van der Waals surface area contributed by atoms with E-state index in [-0.39, 0.29) is 19.0 Å². The average Bonchev–Trinajstić information content (AvgIpc) is 3.00. The number of rotatable bonds is 6. The molecule has 4 aromatic rings. The van der Waals surface area contributed by atoms with Gasteiger partial charge in [-0.1, -0.05) is 66.7 Å². The van der Waals surface area contributed by atoms with Crippen LogP contribution in [0.1, 0.15) is 29.5 Å². The highest BCUT2D eigenvalue weighted by Crippen LogP contribution is 2.47. The van der Waals surface area contributed by atoms with Gasteiger partial charge in [0.2, 0.25) is 5.91 Å². The van der Waals surface area contributed by atoms with Gasteiger partial charge >= 0.3 is 6.18 Å². The summed E-state index contributed by atoms with van der Waals surface area (Å²) in [6.45, 7) is 2.93. The number of carbonyl (C=O) groups excluding carboxylic acids is 1. The monoisotopic (exact) mass is 557 g/mol. The molecule has 2 atom stereocenters. The minimum atomic E-state index is -4.43. The van der Waals surface area contributed by atoms with Gasteiger partial charge in [-0.2, -0.15) is 18.4 Å². The quantitative estimate of drug-likeness (QED) is 0.259. The van der Waals surface area contributed by atoms with Crippen LogP contribution in [0, 0.1) is 16.7 Å². The number of piperazine rings is 1. The number of nitriles is 1. The van der Waals surface area contributed by atoms with Gasteiger partial charge in [0, 0.05) is 43.3 Å². The molecule has 0 unspecified atom stereocenters. The standard InChI is InChI=1S/C33H30F3N3O2/c1-32(22-37,31(40)39-19-17-38(18-20-39)25-12-8-11-24(21-25)33(34,35)36)30(28-14-5-6-16-29(28)41-2)27-15-7-10-23-9-3-4-13-26(23)27/h3-16,21,30H,17-20H2,1-2H3/t30-,32+/m0/s1. The van der Waals surface area contributed by atoms with E-state index in [1.807, 2.05) is 71.6 Å². The highest BCUT2D eigenvalue weighted by molar-refractivity contribution is 5.91. The lowest BCUT2D eigenvalue weighted by Crippen LogP contribution is -2.53. The van der Waals surface area contributed by atoms with Crippen LogP contribution in [0.4, 0.5) is 18.9 Å². The summed E-state index contributed by atoms with van der Waals surface area (Å²) in [4.78, 5) is 17.8. The SMILES string of the molecule is COc1ccccc1[C@H](c1cccc2ccccc12)[C@@](C)(C#N)C(=O)N1CCN(c2cccc(C(F)(F)F)c2)CC1. The van der Waals surface area contributed by atoms with Gasteiger partial charge in [-0.3, -0.25) is 4.79 Å². The lowest BCUT2D eigenvalue weighted by atomic mass is 9.68. The number of fused-ring (bicyclic) bond motifs is 1. The number of halogens is 3. The highest BCUT2D eigenvalue weighted by atomic mass is 19.4. The van der Waals surface area contributed by atoms with Crippen molar-refractivity contribution in [3.8, 4) is 11.8 Å². The van der Waals surface area contributed by atoms with Crippen molar-refractivity contribution >= 4 is 22.4 Å². The van der Waals surface area contributed by atoms with Crippen LogP contribution < -0.4 is 9.64 Å². The van der Waals surface area contributed by atoms with E-state index >= 15 is 0 Å². The Morgan fingerprint density at radius 3 is 2.22 bits per heavy atom. The number of nitrogens with zero attached hydrogens (tertiary/aromatic N) is 3. The van der Waals surface area contributed by atoms with E-state index in [0.29, 0.717) is 24.5 Å². The molecule has 0 bridgehead atoms. The number of methoxy groups -OCH3 is 1. The van der Waals surface area contributed by atoms with Gasteiger partial charge in [-0.15, -0.1) is 0 Å². The largest absolute Gasteiger partial charge is 0.496 e. The fourth-order valence-corrected chi connectivity index (χ4v) is 5.81. The normalized spacial score (nSPS) is 16.1. The molecule has 5 nitrogen and oxygen atoms in total. The predicted molar refractivity (Wildman–Crippen MR) is 153 cm³/mol. The predicted octanol–water partition coefficient (Wildman–Crippen LogP) is 6.88. The summed E-state index contributed by atoms with van der Waals surface area (Å²) >= 11 is 0. The number of amides is 1. The van der Waals surface area contributed by atoms with Crippen molar-refractivity contribution in [3.05, 3.63) is 108 Å². The van der Waals surface area contributed by atoms with Gasteiger partial charge in [0.15, 0.2) is 0 Å². The van der Waals surface area contributed by atoms with Crippen LogP contribution in [0.2, 0.25) is 0 Å². The zero-order chi connectivity index (χ0) is 29.2. The van der Waals surface area contributed by atoms with Crippen LogP contribution in [-0.4, -0.2) is 44.1 Å². The number of alkyl halides is 3. The Morgan fingerprint density at radius 1 is 0.878 bits per heavy atom. The third kappa shape index (κ3) is 5.32. The Hall–Kier alpha value is -4.51. The molecule has 0 radical (unpaired) electrons. The van der Waals surface area contributed by atoms with Gasteiger partial charge in [0.25, 0.3) is 0 Å². The molecule has 0 aromatic heterocycles. The van der Waals surface area contributed by atoms with E-state index in [0.717, 1.165) is 34.0 Å². The van der Waals surface area contributed by atoms with E-state index in [1.165, 1.54) is 6.07 Å². The summed E-state index contributed by atoms with van der Waals surface area (Å²) < 4.78 is 45.5. The molecule has 210 valence electrons. The van der Waals surface area contributed by atoms with E-state index in [4.69, 9.17) is 4.74 Å². The van der Waals surface area contributed by atoms with E-state index in [1.54, 1.807) is 25.0 Å². The molecule has 1 saturated heterocycles. The summed E-state index contributed by atoms with van der Waals surface area (Å²) in [5.41, 5.74) is -0.186. The fraction of sp³-hybridized carbons (Fsp3) is 0.273. The summed E-state index contributed by atoms with van der Waals surface area (Å²) in [7, 11) is 1.57. The second kappa shape index (κ2) is 11.2. The van der Waals surface area contributed by atoms with Crippen LogP contribution in [0.25, 0.3) is 10.8 Å². The first kappa shape index (κ1) is 28.0. The molecule has 1 fully saturated rings. The van der Waals surface area contributed by atoms with Gasteiger partial charge in [-0.05, 0) is 47.5 Å². The number of hydrogen-bond donors (Lipinski definition) is 0. The van der Waals surface area contributed by atoms with Crippen molar-refractivity contribution in [1.29, 1.82) is 5.26 Å². The summed E-state index contributed by atoms with van der Waals surface area (Å²) in [6, 6.07) is 28.8. The zero-order valence-corrected chi connectivity index (χ0v) is 22.9. The molecule has 1 amide bonds. The molecule has 1 aliphatic heterocycles. The van der Waals surface area contributed by atoms with Crippen molar-refractivity contribution in [3.63, 3.8) is 0 Å². The Labute approximate surface area is 237 Å². The first-order chi connectivity index (χ1) is 19.7. The summed E-state index contributed by atoms with van der Waals surface area (Å²) in [5, 5.41) is 12.6. The Morgan fingerprint density at radius 2 is 1.51 bits per heavy atom. The second-order valence-corrected chi connectivity index (χ2v) is 10.4. The first-order valence-electron chi connectivity index (χ1n) is 13.4. The number of hydrogen-bond acceptors (Lipinski definition) is 4. The van der Waals surface area contributed by atoms with Crippen molar-refractivity contribution in [1.82, 2.24) is 4.90 Å². The zero-order valence-electron chi connectivity index (χ0n) is 22.9. The van der Waals surface area contributed by atoms with Crippen LogP contribution in [-0.2, 0) is 11.0 Å². The molecule has 0 saturated carbocycles. The Bertz CT molecular complexity index is 1600. The number of anilines is 1. The van der Waals surface area contributed by atoms with E-state index in [2.05, 4.69) is 6.07 Å². The first-order valence-corrected chi connectivity index (χ1v) is 13.4. The molecule has 5 rings (SSSR count). The summed E-state index contributed by atoms with van der Waals surface area (Å²) in [5.74, 6) is -0.398. The highest BCUT2D eigenvalue weighted by Gasteiger charge is 2.47. The van der Waals surface area contributed by atoms with Crippen molar-refractivity contribution < 1.29 is 22.7 Å². The van der Waals surface area contributed by atoms with Crippen LogP contribution in [0.3, 0.4) is 0 Å². The minimum Gasteiger partial charge on any atom is -0.496 e. The molecule has 41 heavy (non-hydrogen) atoms. The van der Waals surface area contributed by atoms with Crippen molar-refractivity contribution in [2.24, 2.45) is 5.41 Å². The smallest absolute Gasteiger partial charge is 0.416 e. The maximum Gasteiger partial charge on any atom is 0.416 e. The van der Waals surface area contributed by atoms with Crippen LogP contribution >= 0.6 is 0 Å². The van der Waals surface area contributed by atoms with Crippen molar-refractivity contribution in [2.45, 2.75) is 19.0 Å². The minimum absolute atomic E-state index is 0.278. The number of carbonyl (C=O) groups is 1.